The Hall–Kier alpha value is -2.28. The van der Waals surface area contributed by atoms with Crippen molar-refractivity contribution in [3.05, 3.63) is 53.4 Å². The molecule has 2 unspecified atom stereocenters. The molecule has 2 aliphatic heterocycles. The summed E-state index contributed by atoms with van der Waals surface area (Å²) in [6.45, 7) is 0. The van der Waals surface area contributed by atoms with Gasteiger partial charge in [-0.15, -0.1) is 0 Å². The molecule has 25 heavy (non-hydrogen) atoms. The zero-order chi connectivity index (χ0) is 17.6. The fourth-order valence-electron chi connectivity index (χ4n) is 4.27. The second-order valence-corrected chi connectivity index (χ2v) is 7.03. The molecule has 0 aliphatic carbocycles. The number of aromatic nitrogens is 1. The van der Waals surface area contributed by atoms with Crippen LogP contribution in [-0.4, -0.2) is 38.8 Å². The van der Waals surface area contributed by atoms with Crippen LogP contribution in [0.3, 0.4) is 0 Å². The molecule has 7 heteroatoms. The number of aliphatic hydroxyl groups is 1. The number of carbonyl (C=O) groups excluding carboxylic acids is 1. The van der Waals surface area contributed by atoms with Crippen molar-refractivity contribution >= 4 is 5.91 Å². The molecule has 1 aromatic carbocycles. The molecule has 0 spiro atoms. The Kier molecular flexibility index (Phi) is 3.83. The van der Waals surface area contributed by atoms with Crippen LogP contribution in [0.1, 0.15) is 41.7 Å². The van der Waals surface area contributed by atoms with Gasteiger partial charge in [-0.2, -0.15) is 0 Å². The average Bonchev–Trinajstić information content (AvgIpc) is 3.17. The van der Waals surface area contributed by atoms with Gasteiger partial charge in [0.2, 0.25) is 0 Å². The van der Waals surface area contributed by atoms with Crippen LogP contribution in [0.25, 0.3) is 0 Å². The molecule has 132 valence electrons. The van der Waals surface area contributed by atoms with Gasteiger partial charge in [-0.25, -0.2) is 8.78 Å². The van der Waals surface area contributed by atoms with E-state index < -0.39 is 17.2 Å². The number of halogens is 2. The Labute approximate surface area is 143 Å². The quantitative estimate of drug-likeness (QED) is 0.926. The van der Waals surface area contributed by atoms with E-state index in [2.05, 4.69) is 5.16 Å². The lowest BCUT2D eigenvalue weighted by Crippen LogP contribution is -2.54. The van der Waals surface area contributed by atoms with E-state index in [9.17, 15) is 18.7 Å². The summed E-state index contributed by atoms with van der Waals surface area (Å²) in [7, 11) is 0. The summed E-state index contributed by atoms with van der Waals surface area (Å²) in [5, 5.41) is 14.7. The van der Waals surface area contributed by atoms with Gasteiger partial charge >= 0.3 is 0 Å². The zero-order valence-electron chi connectivity index (χ0n) is 13.5. The van der Waals surface area contributed by atoms with Crippen LogP contribution in [0.2, 0.25) is 0 Å². The van der Waals surface area contributed by atoms with Gasteiger partial charge in [0.15, 0.2) is 5.69 Å². The lowest BCUT2D eigenvalue weighted by Gasteiger charge is -2.43. The molecule has 3 heterocycles. The lowest BCUT2D eigenvalue weighted by atomic mass is 9.81. The molecule has 2 atom stereocenters. The first-order valence-electron chi connectivity index (χ1n) is 8.34. The van der Waals surface area contributed by atoms with Gasteiger partial charge in [0.25, 0.3) is 5.91 Å². The monoisotopic (exact) mass is 348 g/mol. The van der Waals surface area contributed by atoms with Crippen LogP contribution in [0.15, 0.2) is 35.1 Å². The largest absolute Gasteiger partial charge is 0.389 e. The third-order valence-corrected chi connectivity index (χ3v) is 5.28. The van der Waals surface area contributed by atoms with Gasteiger partial charge in [0.1, 0.15) is 17.9 Å². The molecule has 0 radical (unpaired) electrons. The molecule has 2 saturated heterocycles. The maximum Gasteiger partial charge on any atom is 0.276 e. The third-order valence-electron chi connectivity index (χ3n) is 5.28. The van der Waals surface area contributed by atoms with Gasteiger partial charge in [-0.3, -0.25) is 4.79 Å². The predicted molar refractivity (Wildman–Crippen MR) is 83.7 cm³/mol. The SMILES string of the molecule is O=C(c1ccon1)N1C2CCC1CC(O)(Cc1ccc(F)cc1F)C2. The van der Waals surface area contributed by atoms with Crippen molar-refractivity contribution in [1.82, 2.24) is 10.1 Å². The summed E-state index contributed by atoms with van der Waals surface area (Å²) in [5.41, 5.74) is -0.558. The molecular formula is C18H18F2N2O3. The maximum atomic E-state index is 13.9. The van der Waals surface area contributed by atoms with Crippen LogP contribution in [0.4, 0.5) is 8.78 Å². The standard InChI is InChI=1S/C18H18F2N2O3/c19-12-2-1-11(15(20)7-12)8-18(24)9-13-3-4-14(10-18)22(13)17(23)16-5-6-25-21-16/h1-2,5-7,13-14,24H,3-4,8-10H2. The molecular weight excluding hydrogens is 330 g/mol. The second kappa shape index (κ2) is 5.91. The second-order valence-electron chi connectivity index (χ2n) is 7.03. The molecule has 5 nitrogen and oxygen atoms in total. The lowest BCUT2D eigenvalue weighted by molar-refractivity contribution is -0.0433. The minimum atomic E-state index is -1.11. The highest BCUT2D eigenvalue weighted by atomic mass is 19.1. The third kappa shape index (κ3) is 2.93. The van der Waals surface area contributed by atoms with E-state index in [-0.39, 0.29) is 30.1 Å². The Balaban J connectivity index is 1.53. The van der Waals surface area contributed by atoms with Crippen LogP contribution < -0.4 is 0 Å². The molecule has 1 amide bonds. The van der Waals surface area contributed by atoms with Gasteiger partial charge in [-0.05, 0) is 37.3 Å². The summed E-state index contributed by atoms with van der Waals surface area (Å²) >= 11 is 0. The summed E-state index contributed by atoms with van der Waals surface area (Å²) in [5.74, 6) is -1.49. The highest BCUT2D eigenvalue weighted by molar-refractivity contribution is 5.92. The fraction of sp³-hybridized carbons (Fsp3) is 0.444. The van der Waals surface area contributed by atoms with Crippen LogP contribution in [0, 0.1) is 11.6 Å². The summed E-state index contributed by atoms with van der Waals surface area (Å²) in [6, 6.07) is 4.69. The number of benzene rings is 1. The molecule has 2 fully saturated rings. The number of hydrogen-bond donors (Lipinski definition) is 1. The van der Waals surface area contributed by atoms with E-state index in [1.807, 2.05) is 0 Å². The highest BCUT2D eigenvalue weighted by Crippen LogP contribution is 2.43. The van der Waals surface area contributed by atoms with Crippen molar-refractivity contribution < 1.29 is 23.2 Å². The number of amides is 1. The number of nitrogens with zero attached hydrogens (tertiary/aromatic N) is 2. The molecule has 2 bridgehead atoms. The average molecular weight is 348 g/mol. The van der Waals surface area contributed by atoms with Gasteiger partial charge in [0, 0.05) is 30.6 Å². The van der Waals surface area contributed by atoms with Crippen molar-refractivity contribution in [2.24, 2.45) is 0 Å². The Bertz CT molecular complexity index is 780. The zero-order valence-corrected chi connectivity index (χ0v) is 13.5. The van der Waals surface area contributed by atoms with E-state index in [0.29, 0.717) is 18.4 Å². The van der Waals surface area contributed by atoms with Crippen LogP contribution in [0.5, 0.6) is 0 Å². The summed E-state index contributed by atoms with van der Waals surface area (Å²) in [6.07, 6.45) is 3.78. The van der Waals surface area contributed by atoms with Crippen LogP contribution in [-0.2, 0) is 6.42 Å². The molecule has 2 aliphatic rings. The Morgan fingerprint density at radius 3 is 2.60 bits per heavy atom. The maximum absolute atomic E-state index is 13.9. The number of piperidine rings is 1. The van der Waals surface area contributed by atoms with Crippen molar-refractivity contribution in [3.63, 3.8) is 0 Å². The van der Waals surface area contributed by atoms with Crippen LogP contribution >= 0.6 is 0 Å². The van der Waals surface area contributed by atoms with E-state index in [1.165, 1.54) is 24.5 Å². The van der Waals surface area contributed by atoms with Gasteiger partial charge in [-0.1, -0.05) is 11.2 Å². The van der Waals surface area contributed by atoms with Gasteiger partial charge in [0.05, 0.1) is 5.60 Å². The van der Waals surface area contributed by atoms with E-state index >= 15 is 0 Å². The van der Waals surface area contributed by atoms with Crippen molar-refractivity contribution in [3.8, 4) is 0 Å². The van der Waals surface area contributed by atoms with E-state index in [1.54, 1.807) is 4.90 Å². The number of fused-ring (bicyclic) bond motifs is 2. The first kappa shape index (κ1) is 16.2. The smallest absolute Gasteiger partial charge is 0.276 e. The first-order chi connectivity index (χ1) is 12.0. The molecule has 0 saturated carbocycles. The minimum Gasteiger partial charge on any atom is -0.389 e. The van der Waals surface area contributed by atoms with E-state index in [0.717, 1.165) is 18.9 Å². The molecule has 1 aromatic heterocycles. The number of carbonyl (C=O) groups is 1. The van der Waals surface area contributed by atoms with E-state index in [4.69, 9.17) is 4.52 Å². The highest BCUT2D eigenvalue weighted by Gasteiger charge is 2.49. The first-order valence-corrected chi connectivity index (χ1v) is 8.34. The van der Waals surface area contributed by atoms with Crippen molar-refractivity contribution in [2.75, 3.05) is 0 Å². The van der Waals surface area contributed by atoms with Crippen molar-refractivity contribution in [2.45, 2.75) is 49.8 Å². The minimum absolute atomic E-state index is 0.109. The summed E-state index contributed by atoms with van der Waals surface area (Å²) < 4.78 is 31.8. The fourth-order valence-corrected chi connectivity index (χ4v) is 4.27. The summed E-state index contributed by atoms with van der Waals surface area (Å²) in [4.78, 5) is 14.4. The topological polar surface area (TPSA) is 66.6 Å². The molecule has 4 rings (SSSR count). The van der Waals surface area contributed by atoms with Gasteiger partial charge < -0.3 is 14.5 Å². The normalized spacial score (nSPS) is 28.4. The molecule has 1 N–H and O–H groups in total. The Morgan fingerprint density at radius 1 is 1.28 bits per heavy atom. The Morgan fingerprint density at radius 2 is 2.00 bits per heavy atom. The number of rotatable bonds is 3. The van der Waals surface area contributed by atoms with Crippen molar-refractivity contribution in [1.29, 1.82) is 0 Å². The number of hydrogen-bond acceptors (Lipinski definition) is 4. The predicted octanol–water partition coefficient (Wildman–Crippen LogP) is 2.69. The molecule has 2 aromatic rings.